The molecule has 0 aromatic heterocycles. The number of methoxy groups -OCH3 is 2. The van der Waals surface area contributed by atoms with Crippen LogP contribution < -0.4 is 10.1 Å². The van der Waals surface area contributed by atoms with Gasteiger partial charge in [-0.05, 0) is 47.2 Å². The number of hydrogen-bond donors (Lipinski definition) is 2. The number of aromatic hydroxyl groups is 1. The lowest BCUT2D eigenvalue weighted by atomic mass is 9.79. The fraction of sp³-hybridized carbons (Fsp3) is 0.182. The summed E-state index contributed by atoms with van der Waals surface area (Å²) in [4.78, 5) is 26.0. The van der Waals surface area contributed by atoms with E-state index in [0.717, 1.165) is 5.56 Å². The second kappa shape index (κ2) is 7.22. The van der Waals surface area contributed by atoms with Crippen molar-refractivity contribution in [2.24, 2.45) is 0 Å². The van der Waals surface area contributed by atoms with Gasteiger partial charge in [-0.25, -0.2) is 4.79 Å². The maximum absolute atomic E-state index is 13.3. The molecule has 0 saturated heterocycles. The summed E-state index contributed by atoms with van der Waals surface area (Å²) in [5.41, 5.74) is 4.22. The number of hydrogen-bond acceptors (Lipinski definition) is 6. The Hall–Kier alpha value is -2.81. The van der Waals surface area contributed by atoms with Crippen molar-refractivity contribution in [2.45, 2.75) is 12.8 Å². The predicted octanol–water partition coefficient (Wildman–Crippen LogP) is 3.75. The normalized spacial score (nSPS) is 17.7. The standard InChI is InChI=1S/C22H18INO5/c1-10-16(22(27)29-3)17(11-8-14(23)21(26)15(9-11)28-2)18-19(24-10)12-6-4-5-7-13(12)20(18)25/h4-9,17,24,26H,1-3H3/t17-/m0/s1. The lowest BCUT2D eigenvalue weighted by Crippen LogP contribution is -2.29. The van der Waals surface area contributed by atoms with Crippen molar-refractivity contribution in [1.82, 2.24) is 5.32 Å². The van der Waals surface area contributed by atoms with Crippen molar-refractivity contribution >= 4 is 40.0 Å². The fourth-order valence-corrected chi connectivity index (χ4v) is 4.58. The number of benzene rings is 2. The summed E-state index contributed by atoms with van der Waals surface area (Å²) in [6, 6.07) is 10.8. The minimum atomic E-state index is -0.651. The highest BCUT2D eigenvalue weighted by Crippen LogP contribution is 2.48. The highest BCUT2D eigenvalue weighted by molar-refractivity contribution is 14.1. The van der Waals surface area contributed by atoms with Crippen molar-refractivity contribution in [3.05, 3.63) is 73.5 Å². The number of phenolic OH excluding ortho intramolecular Hbond substituents is 1. The summed E-state index contributed by atoms with van der Waals surface area (Å²) in [6.45, 7) is 1.79. The fourth-order valence-electron chi connectivity index (χ4n) is 3.96. The largest absolute Gasteiger partial charge is 0.504 e. The van der Waals surface area contributed by atoms with Crippen LogP contribution >= 0.6 is 22.6 Å². The van der Waals surface area contributed by atoms with E-state index in [0.29, 0.717) is 37.2 Å². The third-order valence-corrected chi connectivity index (χ3v) is 6.08. The van der Waals surface area contributed by atoms with Crippen LogP contribution in [0, 0.1) is 3.57 Å². The molecule has 1 aliphatic carbocycles. The quantitative estimate of drug-likeness (QED) is 0.491. The molecule has 2 aliphatic rings. The van der Waals surface area contributed by atoms with Crippen LogP contribution in [0.2, 0.25) is 0 Å². The maximum Gasteiger partial charge on any atom is 0.336 e. The van der Waals surface area contributed by atoms with E-state index in [1.807, 2.05) is 40.8 Å². The Balaban J connectivity index is 1.99. The van der Waals surface area contributed by atoms with E-state index in [2.05, 4.69) is 5.32 Å². The van der Waals surface area contributed by atoms with E-state index in [4.69, 9.17) is 9.47 Å². The van der Waals surface area contributed by atoms with Gasteiger partial charge in [0.15, 0.2) is 17.3 Å². The van der Waals surface area contributed by atoms with E-state index >= 15 is 0 Å². The lowest BCUT2D eigenvalue weighted by Gasteiger charge is -2.29. The second-order valence-electron chi connectivity index (χ2n) is 6.81. The number of carbonyl (C=O) groups excluding carboxylic acids is 2. The van der Waals surface area contributed by atoms with Gasteiger partial charge in [0.1, 0.15) is 0 Å². The molecule has 0 saturated carbocycles. The first-order valence-electron chi connectivity index (χ1n) is 8.89. The van der Waals surface area contributed by atoms with Crippen molar-refractivity contribution in [3.8, 4) is 11.5 Å². The molecule has 1 heterocycles. The van der Waals surface area contributed by atoms with Crippen LogP contribution in [0.15, 0.2) is 53.2 Å². The maximum atomic E-state index is 13.3. The summed E-state index contributed by atoms with van der Waals surface area (Å²) in [7, 11) is 2.77. The van der Waals surface area contributed by atoms with Crippen LogP contribution in [-0.2, 0) is 9.53 Å². The van der Waals surface area contributed by atoms with Gasteiger partial charge in [-0.3, -0.25) is 4.79 Å². The summed E-state index contributed by atoms with van der Waals surface area (Å²) in [5, 5.41) is 13.5. The molecule has 0 radical (unpaired) electrons. The minimum Gasteiger partial charge on any atom is -0.504 e. The van der Waals surface area contributed by atoms with Crippen molar-refractivity contribution in [2.75, 3.05) is 14.2 Å². The number of Topliss-reactive ketones (excluding diaryl/α,β-unsaturated/α-hetero) is 1. The molecule has 29 heavy (non-hydrogen) atoms. The molecular weight excluding hydrogens is 485 g/mol. The van der Waals surface area contributed by atoms with Crippen LogP contribution in [0.5, 0.6) is 11.5 Å². The molecule has 2 aromatic carbocycles. The molecule has 0 unspecified atom stereocenters. The number of phenols is 1. The number of allylic oxidation sites excluding steroid dienone is 2. The SMILES string of the molecule is COC(=O)C1=C(C)NC2=C(C(=O)c3ccccc32)[C@H]1c1cc(I)c(O)c(OC)c1. The van der Waals surface area contributed by atoms with Gasteiger partial charge in [-0.2, -0.15) is 0 Å². The van der Waals surface area contributed by atoms with E-state index in [1.54, 1.807) is 25.1 Å². The molecule has 0 fully saturated rings. The molecule has 7 heteroatoms. The van der Waals surface area contributed by atoms with Gasteiger partial charge in [0.2, 0.25) is 0 Å². The Morgan fingerprint density at radius 3 is 2.52 bits per heavy atom. The number of ether oxygens (including phenoxy) is 2. The van der Waals surface area contributed by atoms with Gasteiger partial charge >= 0.3 is 5.97 Å². The number of ketones is 1. The molecule has 148 valence electrons. The van der Waals surface area contributed by atoms with Crippen LogP contribution in [0.3, 0.4) is 0 Å². The van der Waals surface area contributed by atoms with Gasteiger partial charge in [-0.15, -0.1) is 0 Å². The predicted molar refractivity (Wildman–Crippen MR) is 116 cm³/mol. The number of dihydropyridines is 1. The molecule has 6 nitrogen and oxygen atoms in total. The van der Waals surface area contributed by atoms with Crippen LogP contribution in [0.4, 0.5) is 0 Å². The molecule has 1 aliphatic heterocycles. The Morgan fingerprint density at radius 1 is 1.17 bits per heavy atom. The molecule has 1 atom stereocenters. The van der Waals surface area contributed by atoms with Crippen LogP contribution in [-0.4, -0.2) is 31.1 Å². The number of nitrogens with one attached hydrogen (secondary N) is 1. The lowest BCUT2D eigenvalue weighted by molar-refractivity contribution is -0.136. The molecule has 2 N–H and O–H groups in total. The van der Waals surface area contributed by atoms with E-state index < -0.39 is 11.9 Å². The van der Waals surface area contributed by atoms with Crippen LogP contribution in [0.1, 0.15) is 34.3 Å². The third-order valence-electron chi connectivity index (χ3n) is 5.26. The zero-order valence-corrected chi connectivity index (χ0v) is 18.2. The average Bonchev–Trinajstić information content (AvgIpc) is 3.00. The highest BCUT2D eigenvalue weighted by atomic mass is 127. The average molecular weight is 503 g/mol. The zero-order chi connectivity index (χ0) is 20.9. The van der Waals surface area contributed by atoms with Crippen molar-refractivity contribution in [1.29, 1.82) is 0 Å². The summed E-state index contributed by atoms with van der Waals surface area (Å²) in [5.74, 6) is -1.01. The van der Waals surface area contributed by atoms with Gasteiger partial charge in [0, 0.05) is 28.3 Å². The number of halogens is 1. The molecule has 0 bridgehead atoms. The number of carbonyl (C=O) groups is 2. The zero-order valence-electron chi connectivity index (χ0n) is 16.0. The molecule has 0 spiro atoms. The first-order valence-corrected chi connectivity index (χ1v) is 9.97. The Kier molecular flexibility index (Phi) is 4.85. The third kappa shape index (κ3) is 2.91. The highest BCUT2D eigenvalue weighted by Gasteiger charge is 2.43. The monoisotopic (exact) mass is 503 g/mol. The molecular formula is C22H18INO5. The summed E-state index contributed by atoms with van der Waals surface area (Å²) < 4.78 is 10.9. The van der Waals surface area contributed by atoms with E-state index in [9.17, 15) is 14.7 Å². The second-order valence-corrected chi connectivity index (χ2v) is 7.97. The van der Waals surface area contributed by atoms with Gasteiger partial charge < -0.3 is 19.9 Å². The van der Waals surface area contributed by atoms with Gasteiger partial charge in [0.25, 0.3) is 0 Å². The minimum absolute atomic E-state index is 0.0151. The first kappa shape index (κ1) is 19.5. The number of rotatable bonds is 3. The Morgan fingerprint density at radius 2 is 1.86 bits per heavy atom. The summed E-state index contributed by atoms with van der Waals surface area (Å²) in [6.07, 6.45) is 0. The van der Waals surface area contributed by atoms with E-state index in [1.165, 1.54) is 14.2 Å². The molecule has 0 amide bonds. The van der Waals surface area contributed by atoms with Crippen molar-refractivity contribution < 1.29 is 24.2 Å². The summed E-state index contributed by atoms with van der Waals surface area (Å²) >= 11 is 2.00. The molecule has 4 rings (SSSR count). The van der Waals surface area contributed by atoms with Crippen LogP contribution in [0.25, 0.3) is 5.70 Å². The Labute approximate surface area is 181 Å². The Bertz CT molecular complexity index is 1130. The number of esters is 1. The first-order chi connectivity index (χ1) is 13.9. The smallest absolute Gasteiger partial charge is 0.336 e. The molecule has 2 aromatic rings. The number of fused-ring (bicyclic) bond motifs is 2. The van der Waals surface area contributed by atoms with E-state index in [-0.39, 0.29) is 17.3 Å². The topological polar surface area (TPSA) is 84.9 Å². The van der Waals surface area contributed by atoms with Gasteiger partial charge in [0.05, 0.1) is 29.1 Å². The van der Waals surface area contributed by atoms with Crippen molar-refractivity contribution in [3.63, 3.8) is 0 Å². The van der Waals surface area contributed by atoms with Gasteiger partial charge in [-0.1, -0.05) is 24.3 Å².